The molecule has 3 saturated carbocycles. The zero-order valence-corrected chi connectivity index (χ0v) is 14.9. The fourth-order valence-electron chi connectivity index (χ4n) is 6.52. The highest BCUT2D eigenvalue weighted by Crippen LogP contribution is 2.70. The van der Waals surface area contributed by atoms with Crippen molar-refractivity contribution in [3.05, 3.63) is 12.7 Å². The van der Waals surface area contributed by atoms with Gasteiger partial charge in [-0.1, -0.05) is 19.9 Å². The third-order valence-electron chi connectivity index (χ3n) is 8.24. The standard InChI is InChI=1S/C20H28O4/c1-5-17(2)9-10-19(4)12(11-17)13(21)14(22)15-18(3)7-6-8-20(15,19)24-16(18)23/h5,12,14-15,22H,1,6-11H2,2-4H3/t12-,14+,15+,17+,18-,19+,20+/m0/s1. The number of aliphatic hydroxyl groups is 1. The van der Waals surface area contributed by atoms with Gasteiger partial charge in [0.15, 0.2) is 5.78 Å². The normalized spacial score (nSPS) is 56.2. The number of allylic oxidation sites excluding steroid dienone is 1. The van der Waals surface area contributed by atoms with E-state index in [1.807, 2.05) is 13.0 Å². The van der Waals surface area contributed by atoms with Gasteiger partial charge in [0.05, 0.1) is 5.41 Å². The Bertz CT molecular complexity index is 642. The molecular weight excluding hydrogens is 304 g/mol. The predicted molar refractivity (Wildman–Crippen MR) is 89.0 cm³/mol. The van der Waals surface area contributed by atoms with Gasteiger partial charge in [-0.05, 0) is 50.9 Å². The van der Waals surface area contributed by atoms with Gasteiger partial charge < -0.3 is 9.84 Å². The molecule has 4 rings (SSSR count). The van der Waals surface area contributed by atoms with Crippen molar-refractivity contribution in [2.75, 3.05) is 0 Å². The number of rotatable bonds is 1. The van der Waals surface area contributed by atoms with Crippen LogP contribution in [0.3, 0.4) is 0 Å². The third kappa shape index (κ3) is 1.59. The number of hydrogen-bond donors (Lipinski definition) is 1. The number of ketones is 1. The zero-order chi connectivity index (χ0) is 17.5. The van der Waals surface area contributed by atoms with Gasteiger partial charge in [0.1, 0.15) is 11.7 Å². The minimum absolute atomic E-state index is 0.0858. The monoisotopic (exact) mass is 332 g/mol. The molecule has 1 aliphatic heterocycles. The molecule has 4 heteroatoms. The summed E-state index contributed by atoms with van der Waals surface area (Å²) in [7, 11) is 0. The summed E-state index contributed by atoms with van der Waals surface area (Å²) in [6.45, 7) is 10.1. The largest absolute Gasteiger partial charge is 0.458 e. The van der Waals surface area contributed by atoms with Crippen molar-refractivity contribution in [1.29, 1.82) is 0 Å². The number of carbonyl (C=O) groups is 2. The zero-order valence-electron chi connectivity index (χ0n) is 14.9. The number of hydrogen-bond acceptors (Lipinski definition) is 4. The molecule has 4 fully saturated rings. The van der Waals surface area contributed by atoms with Crippen LogP contribution >= 0.6 is 0 Å². The second-order valence-electron chi connectivity index (χ2n) is 9.41. The van der Waals surface area contributed by atoms with Crippen LogP contribution in [0.4, 0.5) is 0 Å². The number of esters is 1. The molecule has 0 aromatic carbocycles. The third-order valence-corrected chi connectivity index (χ3v) is 8.24. The van der Waals surface area contributed by atoms with Crippen molar-refractivity contribution < 1.29 is 19.4 Å². The van der Waals surface area contributed by atoms with E-state index >= 15 is 0 Å². The minimum Gasteiger partial charge on any atom is -0.458 e. The molecule has 0 unspecified atom stereocenters. The molecule has 0 radical (unpaired) electrons. The van der Waals surface area contributed by atoms with Crippen LogP contribution in [0.5, 0.6) is 0 Å². The van der Waals surface area contributed by atoms with Crippen molar-refractivity contribution >= 4 is 11.8 Å². The molecule has 4 nitrogen and oxygen atoms in total. The second kappa shape index (κ2) is 4.51. The maximum absolute atomic E-state index is 13.1. The molecule has 0 aromatic rings. The first kappa shape index (κ1) is 16.3. The van der Waals surface area contributed by atoms with E-state index in [-0.39, 0.29) is 28.5 Å². The highest BCUT2D eigenvalue weighted by Gasteiger charge is 2.78. The molecular formula is C20H28O4. The van der Waals surface area contributed by atoms with E-state index in [1.54, 1.807) is 0 Å². The topological polar surface area (TPSA) is 63.6 Å². The Morgan fingerprint density at radius 3 is 2.54 bits per heavy atom. The van der Waals surface area contributed by atoms with Crippen molar-refractivity contribution in [1.82, 2.24) is 0 Å². The first-order valence-corrected chi connectivity index (χ1v) is 9.22. The van der Waals surface area contributed by atoms with Crippen molar-refractivity contribution in [2.45, 2.75) is 71.0 Å². The Labute approximate surface area is 143 Å². The van der Waals surface area contributed by atoms with Gasteiger partial charge in [0.2, 0.25) is 0 Å². The van der Waals surface area contributed by atoms with E-state index in [4.69, 9.17) is 4.74 Å². The van der Waals surface area contributed by atoms with Crippen LogP contribution in [0.15, 0.2) is 12.7 Å². The second-order valence-corrected chi connectivity index (χ2v) is 9.41. The molecule has 4 aliphatic rings. The summed E-state index contributed by atoms with van der Waals surface area (Å²) < 4.78 is 6.10. The average molecular weight is 332 g/mol. The molecule has 3 aliphatic carbocycles. The average Bonchev–Trinajstić information content (AvgIpc) is 2.68. The smallest absolute Gasteiger partial charge is 0.312 e. The van der Waals surface area contributed by atoms with Gasteiger partial charge in [-0.25, -0.2) is 0 Å². The first-order chi connectivity index (χ1) is 11.1. The van der Waals surface area contributed by atoms with E-state index in [0.29, 0.717) is 12.8 Å². The molecule has 1 N–H and O–H groups in total. The Morgan fingerprint density at radius 2 is 1.88 bits per heavy atom. The molecule has 0 amide bonds. The van der Waals surface area contributed by atoms with Crippen molar-refractivity contribution in [3.63, 3.8) is 0 Å². The van der Waals surface area contributed by atoms with Crippen LogP contribution in [0.1, 0.15) is 59.3 Å². The van der Waals surface area contributed by atoms with Crippen LogP contribution in [0, 0.1) is 28.1 Å². The van der Waals surface area contributed by atoms with Crippen LogP contribution in [-0.2, 0) is 14.3 Å². The molecule has 0 spiro atoms. The van der Waals surface area contributed by atoms with Crippen LogP contribution < -0.4 is 0 Å². The summed E-state index contributed by atoms with van der Waals surface area (Å²) in [5.74, 6) is -0.963. The van der Waals surface area contributed by atoms with E-state index in [1.165, 1.54) is 0 Å². The summed E-state index contributed by atoms with van der Waals surface area (Å²) in [5.41, 5.74) is -1.88. The number of aliphatic hydroxyl groups excluding tert-OH is 1. The van der Waals surface area contributed by atoms with Crippen molar-refractivity contribution in [3.8, 4) is 0 Å². The lowest BCUT2D eigenvalue weighted by Crippen LogP contribution is -2.69. The molecule has 1 heterocycles. The van der Waals surface area contributed by atoms with Crippen LogP contribution in [0.25, 0.3) is 0 Å². The first-order valence-electron chi connectivity index (χ1n) is 9.22. The van der Waals surface area contributed by atoms with Gasteiger partial charge in [-0.3, -0.25) is 9.59 Å². The summed E-state index contributed by atoms with van der Waals surface area (Å²) in [5, 5.41) is 10.9. The van der Waals surface area contributed by atoms with E-state index < -0.39 is 23.0 Å². The molecule has 132 valence electrons. The lowest BCUT2D eigenvalue weighted by molar-refractivity contribution is -0.221. The Balaban J connectivity index is 1.87. The Hall–Kier alpha value is -1.16. The summed E-state index contributed by atoms with van der Waals surface area (Å²) >= 11 is 0. The number of Topliss-reactive ketones (excluding diaryl/α,β-unsaturated/α-hetero) is 1. The number of fused-ring (bicyclic) bond motifs is 1. The lowest BCUT2D eigenvalue weighted by Gasteiger charge is -2.62. The molecule has 1 saturated heterocycles. The summed E-state index contributed by atoms with van der Waals surface area (Å²) in [6.07, 6.45) is 5.70. The van der Waals surface area contributed by atoms with Gasteiger partial charge in [-0.15, -0.1) is 6.58 Å². The van der Waals surface area contributed by atoms with Gasteiger partial charge in [-0.2, -0.15) is 0 Å². The molecule has 24 heavy (non-hydrogen) atoms. The highest BCUT2D eigenvalue weighted by atomic mass is 16.6. The van der Waals surface area contributed by atoms with E-state index in [9.17, 15) is 14.7 Å². The maximum atomic E-state index is 13.1. The van der Waals surface area contributed by atoms with Crippen LogP contribution in [-0.4, -0.2) is 28.6 Å². The van der Waals surface area contributed by atoms with Gasteiger partial charge in [0.25, 0.3) is 0 Å². The Morgan fingerprint density at radius 1 is 1.17 bits per heavy atom. The highest BCUT2D eigenvalue weighted by molar-refractivity contribution is 5.92. The fraction of sp³-hybridized carbons (Fsp3) is 0.800. The fourth-order valence-corrected chi connectivity index (χ4v) is 6.52. The Kier molecular flexibility index (Phi) is 3.07. The van der Waals surface area contributed by atoms with Crippen molar-refractivity contribution in [2.24, 2.45) is 28.1 Å². The maximum Gasteiger partial charge on any atom is 0.312 e. The molecule has 7 atom stereocenters. The van der Waals surface area contributed by atoms with Gasteiger partial charge >= 0.3 is 5.97 Å². The summed E-state index contributed by atoms with van der Waals surface area (Å²) in [4.78, 5) is 25.9. The van der Waals surface area contributed by atoms with Crippen LogP contribution in [0.2, 0.25) is 0 Å². The van der Waals surface area contributed by atoms with E-state index in [2.05, 4.69) is 20.4 Å². The molecule has 0 aromatic heterocycles. The predicted octanol–water partition coefficient (Wildman–Crippen LogP) is 3.03. The summed E-state index contributed by atoms with van der Waals surface area (Å²) in [6, 6.07) is 0. The van der Waals surface area contributed by atoms with E-state index in [0.717, 1.165) is 25.7 Å². The number of ether oxygens (including phenoxy) is 1. The lowest BCUT2D eigenvalue weighted by atomic mass is 9.41. The SMILES string of the molecule is C=C[C@]1(C)CC[C@]2(C)[C@@H](C1)C(=O)[C@@H](O)[C@@H]1[C@]3(C)CCC[C@@]12OC3=O. The quantitative estimate of drug-likeness (QED) is 0.592. The minimum atomic E-state index is -1.09. The number of carbonyl (C=O) groups excluding carboxylic acids is 2. The molecule has 2 bridgehead atoms. The van der Waals surface area contributed by atoms with Gasteiger partial charge in [0, 0.05) is 17.3 Å².